The standard InChI is InChI=1S/C14H18N4/c1-17-10-7-12(11-17)16-13-5-2-3-6-14(13)18-9-4-8-15-18/h2-6,8-9,12,16H,7,10-11H2,1H3. The van der Waals surface area contributed by atoms with Crippen LogP contribution in [0.4, 0.5) is 5.69 Å². The molecule has 0 aliphatic carbocycles. The lowest BCUT2D eigenvalue weighted by molar-refractivity contribution is 0.414. The van der Waals surface area contributed by atoms with Gasteiger partial charge in [0.25, 0.3) is 0 Å². The zero-order valence-corrected chi connectivity index (χ0v) is 10.6. The molecule has 2 aromatic rings. The van der Waals surface area contributed by atoms with Crippen molar-refractivity contribution in [1.82, 2.24) is 14.7 Å². The number of aromatic nitrogens is 2. The maximum atomic E-state index is 4.30. The molecular formula is C14H18N4. The highest BCUT2D eigenvalue weighted by Crippen LogP contribution is 2.22. The second-order valence-corrected chi connectivity index (χ2v) is 4.86. The molecule has 94 valence electrons. The molecule has 1 saturated heterocycles. The molecule has 4 heteroatoms. The largest absolute Gasteiger partial charge is 0.379 e. The van der Waals surface area contributed by atoms with E-state index in [0.717, 1.165) is 17.9 Å². The van der Waals surface area contributed by atoms with Crippen LogP contribution in [0.25, 0.3) is 5.69 Å². The fraction of sp³-hybridized carbons (Fsp3) is 0.357. The van der Waals surface area contributed by atoms with E-state index in [9.17, 15) is 0 Å². The molecule has 0 spiro atoms. The topological polar surface area (TPSA) is 33.1 Å². The summed E-state index contributed by atoms with van der Waals surface area (Å²) in [5.41, 5.74) is 2.26. The molecular weight excluding hydrogens is 224 g/mol. The predicted molar refractivity (Wildman–Crippen MR) is 73.1 cm³/mol. The first-order valence-corrected chi connectivity index (χ1v) is 6.37. The first-order chi connectivity index (χ1) is 8.83. The van der Waals surface area contributed by atoms with Crippen molar-refractivity contribution < 1.29 is 0 Å². The first-order valence-electron chi connectivity index (χ1n) is 6.37. The molecule has 1 aliphatic heterocycles. The van der Waals surface area contributed by atoms with Crippen LogP contribution in [0.2, 0.25) is 0 Å². The van der Waals surface area contributed by atoms with E-state index < -0.39 is 0 Å². The van der Waals surface area contributed by atoms with Gasteiger partial charge < -0.3 is 10.2 Å². The van der Waals surface area contributed by atoms with Crippen LogP contribution in [0.5, 0.6) is 0 Å². The van der Waals surface area contributed by atoms with Crippen molar-refractivity contribution in [2.45, 2.75) is 12.5 Å². The van der Waals surface area contributed by atoms with Gasteiger partial charge in [-0.1, -0.05) is 12.1 Å². The number of benzene rings is 1. The third-order valence-electron chi connectivity index (χ3n) is 3.41. The van der Waals surface area contributed by atoms with E-state index in [1.54, 1.807) is 6.20 Å². The van der Waals surface area contributed by atoms with Crippen LogP contribution in [0.15, 0.2) is 42.7 Å². The summed E-state index contributed by atoms with van der Waals surface area (Å²) in [5, 5.41) is 7.93. The van der Waals surface area contributed by atoms with E-state index in [0.29, 0.717) is 6.04 Å². The van der Waals surface area contributed by atoms with Crippen molar-refractivity contribution in [2.75, 3.05) is 25.5 Å². The van der Waals surface area contributed by atoms with Gasteiger partial charge >= 0.3 is 0 Å². The van der Waals surface area contributed by atoms with Gasteiger partial charge in [0.05, 0.1) is 11.4 Å². The number of anilines is 1. The lowest BCUT2D eigenvalue weighted by atomic mass is 10.2. The SMILES string of the molecule is CN1CCC(Nc2ccccc2-n2cccn2)C1. The van der Waals surface area contributed by atoms with Gasteiger partial charge in [-0.05, 0) is 38.2 Å². The summed E-state index contributed by atoms with van der Waals surface area (Å²) in [6, 6.07) is 10.8. The van der Waals surface area contributed by atoms with E-state index in [1.165, 1.54) is 13.0 Å². The molecule has 18 heavy (non-hydrogen) atoms. The summed E-state index contributed by atoms with van der Waals surface area (Å²) < 4.78 is 1.90. The van der Waals surface area contributed by atoms with Crippen LogP contribution in [0, 0.1) is 0 Å². The Morgan fingerprint density at radius 3 is 2.89 bits per heavy atom. The third kappa shape index (κ3) is 2.24. The van der Waals surface area contributed by atoms with Crippen molar-refractivity contribution in [3.63, 3.8) is 0 Å². The Morgan fingerprint density at radius 1 is 1.28 bits per heavy atom. The van der Waals surface area contributed by atoms with Gasteiger partial charge in [0.2, 0.25) is 0 Å². The fourth-order valence-corrected chi connectivity index (χ4v) is 2.48. The number of para-hydroxylation sites is 2. The zero-order chi connectivity index (χ0) is 12.4. The van der Waals surface area contributed by atoms with Crippen LogP contribution in [0.1, 0.15) is 6.42 Å². The lowest BCUT2D eigenvalue weighted by Gasteiger charge is -2.17. The molecule has 1 aromatic heterocycles. The molecule has 0 bridgehead atoms. The maximum absolute atomic E-state index is 4.30. The number of nitrogens with zero attached hydrogens (tertiary/aromatic N) is 3. The highest BCUT2D eigenvalue weighted by molar-refractivity contribution is 5.61. The highest BCUT2D eigenvalue weighted by Gasteiger charge is 2.19. The second kappa shape index (κ2) is 4.82. The Balaban J connectivity index is 1.84. The monoisotopic (exact) mass is 242 g/mol. The molecule has 1 aliphatic rings. The van der Waals surface area contributed by atoms with Gasteiger partial charge in [0, 0.05) is 25.0 Å². The van der Waals surface area contributed by atoms with Crippen molar-refractivity contribution in [2.24, 2.45) is 0 Å². The average molecular weight is 242 g/mol. The summed E-state index contributed by atoms with van der Waals surface area (Å²) >= 11 is 0. The van der Waals surface area contributed by atoms with Crippen LogP contribution in [-0.2, 0) is 0 Å². The molecule has 1 aromatic carbocycles. The van der Waals surface area contributed by atoms with Gasteiger partial charge in [-0.2, -0.15) is 5.10 Å². The summed E-state index contributed by atoms with van der Waals surface area (Å²) in [4.78, 5) is 2.36. The highest BCUT2D eigenvalue weighted by atomic mass is 15.3. The average Bonchev–Trinajstić information content (AvgIpc) is 3.02. The number of likely N-dealkylation sites (tertiary alicyclic amines) is 1. The fourth-order valence-electron chi connectivity index (χ4n) is 2.48. The minimum atomic E-state index is 0.534. The normalized spacial score (nSPS) is 20.2. The van der Waals surface area contributed by atoms with Gasteiger partial charge in [0.1, 0.15) is 0 Å². The Labute approximate surface area is 107 Å². The minimum absolute atomic E-state index is 0.534. The Kier molecular flexibility index (Phi) is 3.02. The Morgan fingerprint density at radius 2 is 2.17 bits per heavy atom. The number of nitrogens with one attached hydrogen (secondary N) is 1. The van der Waals surface area contributed by atoms with Gasteiger partial charge in [-0.25, -0.2) is 4.68 Å². The molecule has 3 rings (SSSR count). The maximum Gasteiger partial charge on any atom is 0.0876 e. The molecule has 1 N–H and O–H groups in total. The smallest absolute Gasteiger partial charge is 0.0876 e. The van der Waals surface area contributed by atoms with Gasteiger partial charge in [-0.3, -0.25) is 0 Å². The number of hydrogen-bond donors (Lipinski definition) is 1. The first kappa shape index (κ1) is 11.3. The number of rotatable bonds is 3. The van der Waals surface area contributed by atoms with E-state index >= 15 is 0 Å². The minimum Gasteiger partial charge on any atom is -0.379 e. The molecule has 1 atom stereocenters. The summed E-state index contributed by atoms with van der Waals surface area (Å²) in [6.07, 6.45) is 4.98. The molecule has 0 saturated carbocycles. The van der Waals surface area contributed by atoms with Crippen LogP contribution < -0.4 is 5.32 Å². The summed E-state index contributed by atoms with van der Waals surface area (Å²) in [6.45, 7) is 2.27. The summed E-state index contributed by atoms with van der Waals surface area (Å²) in [7, 11) is 2.17. The van der Waals surface area contributed by atoms with E-state index in [4.69, 9.17) is 0 Å². The second-order valence-electron chi connectivity index (χ2n) is 4.86. The van der Waals surface area contributed by atoms with E-state index in [2.05, 4.69) is 40.6 Å². The predicted octanol–water partition coefficient (Wildman–Crippen LogP) is 1.99. The Bertz CT molecular complexity index is 506. The van der Waals surface area contributed by atoms with Gasteiger partial charge in [0.15, 0.2) is 0 Å². The molecule has 0 amide bonds. The van der Waals surface area contributed by atoms with E-state index in [1.807, 2.05) is 23.0 Å². The van der Waals surface area contributed by atoms with Crippen molar-refractivity contribution in [3.8, 4) is 5.69 Å². The van der Waals surface area contributed by atoms with Crippen molar-refractivity contribution in [3.05, 3.63) is 42.7 Å². The molecule has 2 heterocycles. The molecule has 4 nitrogen and oxygen atoms in total. The number of hydrogen-bond acceptors (Lipinski definition) is 3. The lowest BCUT2D eigenvalue weighted by Crippen LogP contribution is -2.24. The summed E-state index contributed by atoms with van der Waals surface area (Å²) in [5.74, 6) is 0. The molecule has 1 fully saturated rings. The van der Waals surface area contributed by atoms with Crippen LogP contribution in [0.3, 0.4) is 0 Å². The van der Waals surface area contributed by atoms with Gasteiger partial charge in [-0.15, -0.1) is 0 Å². The van der Waals surface area contributed by atoms with Crippen molar-refractivity contribution in [1.29, 1.82) is 0 Å². The van der Waals surface area contributed by atoms with Crippen LogP contribution in [-0.4, -0.2) is 40.9 Å². The molecule has 0 radical (unpaired) electrons. The third-order valence-corrected chi connectivity index (χ3v) is 3.41. The van der Waals surface area contributed by atoms with E-state index in [-0.39, 0.29) is 0 Å². The zero-order valence-electron chi connectivity index (χ0n) is 10.6. The number of likely N-dealkylation sites (N-methyl/N-ethyl adjacent to an activating group) is 1. The quantitative estimate of drug-likeness (QED) is 0.893. The Hall–Kier alpha value is -1.81. The molecule has 1 unspecified atom stereocenters. The van der Waals surface area contributed by atoms with Crippen molar-refractivity contribution >= 4 is 5.69 Å². The van der Waals surface area contributed by atoms with Crippen LogP contribution >= 0.6 is 0 Å².